The van der Waals surface area contributed by atoms with E-state index in [1.807, 2.05) is 20.8 Å². The number of β-amino-alcohol motifs (C(OH)–C–C–N with tert-alkyl or cyclic N) is 1. The van der Waals surface area contributed by atoms with Crippen molar-refractivity contribution in [1.29, 1.82) is 0 Å². The van der Waals surface area contributed by atoms with Crippen LogP contribution in [0.2, 0.25) is 0 Å². The molecule has 23 heavy (non-hydrogen) atoms. The van der Waals surface area contributed by atoms with Gasteiger partial charge in [0, 0.05) is 19.0 Å². The summed E-state index contributed by atoms with van der Waals surface area (Å²) in [4.78, 5) is 9.73. The van der Waals surface area contributed by atoms with Crippen LogP contribution in [0.3, 0.4) is 0 Å². The first-order valence-corrected chi connectivity index (χ1v) is 7.83. The number of hydrogen-bond acceptors (Lipinski definition) is 6. The maximum absolute atomic E-state index is 14.4. The zero-order valence-electron chi connectivity index (χ0n) is 13.6. The van der Waals surface area contributed by atoms with Crippen LogP contribution < -0.4 is 4.90 Å². The Hall–Kier alpha value is -2.09. The van der Waals surface area contributed by atoms with Gasteiger partial charge >= 0.3 is 0 Å². The second kappa shape index (κ2) is 5.84. The molecule has 124 valence electrons. The zero-order valence-corrected chi connectivity index (χ0v) is 13.6. The molecule has 0 radical (unpaired) electrons. The number of nitrogens with zero attached hydrogens (tertiary/aromatic N) is 6. The molecule has 0 aromatic carbocycles. The van der Waals surface area contributed by atoms with Crippen LogP contribution in [-0.2, 0) is 12.0 Å². The third kappa shape index (κ3) is 2.78. The molecule has 0 amide bonds. The minimum Gasteiger partial charge on any atom is -0.381 e. The summed E-state index contributed by atoms with van der Waals surface area (Å²) in [5.74, 6) is -0.172. The molecule has 0 aliphatic carbocycles. The first-order valence-electron chi connectivity index (χ1n) is 7.83. The van der Waals surface area contributed by atoms with Crippen molar-refractivity contribution in [3.8, 4) is 0 Å². The lowest BCUT2D eigenvalue weighted by Gasteiger charge is -2.22. The Morgan fingerprint density at radius 1 is 1.39 bits per heavy atom. The maximum Gasteiger partial charge on any atom is 0.187 e. The van der Waals surface area contributed by atoms with E-state index in [4.69, 9.17) is 0 Å². The second-order valence-electron chi connectivity index (χ2n) is 6.19. The summed E-state index contributed by atoms with van der Waals surface area (Å²) in [6, 6.07) is 0.170. The fraction of sp³-hybridized carbons (Fsp3) is 0.600. The van der Waals surface area contributed by atoms with E-state index in [2.05, 4.69) is 20.3 Å². The van der Waals surface area contributed by atoms with E-state index in [9.17, 15) is 9.50 Å². The number of aliphatic hydroxyl groups is 1. The normalized spacial score (nSPS) is 21.4. The minimum absolute atomic E-state index is 0.170. The number of rotatable bonds is 4. The molecule has 0 saturated carbocycles. The van der Waals surface area contributed by atoms with Crippen molar-refractivity contribution in [3.63, 3.8) is 0 Å². The predicted octanol–water partition coefficient (Wildman–Crippen LogP) is 1.45. The molecule has 3 heterocycles. The van der Waals surface area contributed by atoms with Gasteiger partial charge in [0.25, 0.3) is 0 Å². The summed E-state index contributed by atoms with van der Waals surface area (Å²) < 4.78 is 16.1. The molecule has 2 aromatic rings. The molecule has 1 aliphatic heterocycles. The molecule has 2 aromatic heterocycles. The van der Waals surface area contributed by atoms with Crippen LogP contribution in [0.25, 0.3) is 0 Å². The van der Waals surface area contributed by atoms with Crippen molar-refractivity contribution >= 4 is 5.82 Å². The molecule has 0 spiro atoms. The number of aryl methyl sites for hydroxylation is 1. The maximum atomic E-state index is 14.4. The highest BCUT2D eigenvalue weighted by atomic mass is 19.1. The first kappa shape index (κ1) is 15.8. The van der Waals surface area contributed by atoms with Crippen LogP contribution in [-0.4, -0.2) is 43.2 Å². The molecule has 1 N–H and O–H groups in total. The van der Waals surface area contributed by atoms with Crippen molar-refractivity contribution < 1.29 is 9.50 Å². The Morgan fingerprint density at radius 3 is 2.83 bits per heavy atom. The number of aromatic nitrogens is 5. The number of halogens is 1. The molecule has 1 saturated heterocycles. The third-order valence-electron chi connectivity index (χ3n) is 4.24. The van der Waals surface area contributed by atoms with E-state index in [-0.39, 0.29) is 18.4 Å². The quantitative estimate of drug-likeness (QED) is 0.918. The fourth-order valence-electron chi connectivity index (χ4n) is 2.79. The third-order valence-corrected chi connectivity index (χ3v) is 4.24. The average Bonchev–Trinajstić information content (AvgIpc) is 3.15. The Morgan fingerprint density at radius 2 is 2.17 bits per heavy atom. The molecule has 8 heteroatoms. The van der Waals surface area contributed by atoms with Gasteiger partial charge in [-0.05, 0) is 20.3 Å². The van der Waals surface area contributed by atoms with E-state index >= 15 is 0 Å². The van der Waals surface area contributed by atoms with Crippen LogP contribution in [0.4, 0.5) is 10.2 Å². The van der Waals surface area contributed by atoms with Crippen LogP contribution in [0.1, 0.15) is 44.6 Å². The van der Waals surface area contributed by atoms with E-state index in [0.29, 0.717) is 30.8 Å². The Bertz CT molecular complexity index is 703. The second-order valence-corrected chi connectivity index (χ2v) is 6.19. The molecule has 3 rings (SSSR count). The van der Waals surface area contributed by atoms with Gasteiger partial charge in [-0.25, -0.2) is 19.0 Å². The lowest BCUT2D eigenvalue weighted by atomic mass is 10.00. The van der Waals surface area contributed by atoms with Crippen LogP contribution >= 0.6 is 0 Å². The molecule has 1 fully saturated rings. The summed E-state index contributed by atoms with van der Waals surface area (Å²) in [5, 5.41) is 19.0. The van der Waals surface area contributed by atoms with Gasteiger partial charge in [-0.2, -0.15) is 0 Å². The van der Waals surface area contributed by atoms with Crippen LogP contribution in [0.15, 0.2) is 12.5 Å². The highest BCUT2D eigenvalue weighted by molar-refractivity contribution is 5.44. The lowest BCUT2D eigenvalue weighted by Crippen LogP contribution is -2.32. The highest BCUT2D eigenvalue weighted by Gasteiger charge is 2.41. The standard InChI is InChI=1S/C15H21FN6O/c1-4-11-13(16)14(18-9-17-11)21-6-5-15(23,8-21)12-7-22(10(2)3)20-19-12/h7,9-10,23H,4-6,8H2,1-3H3/t15-/m0/s1. The van der Waals surface area contributed by atoms with Gasteiger partial charge in [0.1, 0.15) is 17.6 Å². The lowest BCUT2D eigenvalue weighted by molar-refractivity contribution is 0.0558. The fourth-order valence-corrected chi connectivity index (χ4v) is 2.79. The van der Waals surface area contributed by atoms with E-state index in [1.54, 1.807) is 15.8 Å². The van der Waals surface area contributed by atoms with Crippen LogP contribution in [0.5, 0.6) is 0 Å². The minimum atomic E-state index is -1.14. The van der Waals surface area contributed by atoms with E-state index < -0.39 is 11.4 Å². The zero-order chi connectivity index (χ0) is 16.6. The van der Waals surface area contributed by atoms with E-state index in [1.165, 1.54) is 6.33 Å². The van der Waals surface area contributed by atoms with Crippen molar-refractivity contribution in [2.24, 2.45) is 0 Å². The molecule has 1 atom stereocenters. The Kier molecular flexibility index (Phi) is 4.01. The summed E-state index contributed by atoms with van der Waals surface area (Å²) in [7, 11) is 0. The van der Waals surface area contributed by atoms with Crippen molar-refractivity contribution in [3.05, 3.63) is 29.7 Å². The molecule has 1 aliphatic rings. The average molecular weight is 320 g/mol. The summed E-state index contributed by atoms with van der Waals surface area (Å²) in [6.07, 6.45) is 4.07. The summed E-state index contributed by atoms with van der Waals surface area (Å²) in [5.41, 5.74) is -0.244. The topological polar surface area (TPSA) is 80.0 Å². The highest BCUT2D eigenvalue weighted by Crippen LogP contribution is 2.34. The SMILES string of the molecule is CCc1ncnc(N2CC[C@@](O)(c3cn(C(C)C)nn3)C2)c1F. The predicted molar refractivity (Wildman–Crippen MR) is 82.5 cm³/mol. The number of hydrogen-bond donors (Lipinski definition) is 1. The molecule has 7 nitrogen and oxygen atoms in total. The number of anilines is 1. The molecular formula is C15H21FN6O. The summed E-state index contributed by atoms with van der Waals surface area (Å²) >= 11 is 0. The monoisotopic (exact) mass is 320 g/mol. The van der Waals surface area contributed by atoms with Gasteiger partial charge < -0.3 is 10.0 Å². The summed E-state index contributed by atoms with van der Waals surface area (Å²) in [6.45, 7) is 6.57. The van der Waals surface area contributed by atoms with Gasteiger partial charge in [-0.15, -0.1) is 5.10 Å². The van der Waals surface area contributed by atoms with Crippen molar-refractivity contribution in [2.45, 2.75) is 45.3 Å². The molecule has 0 unspecified atom stereocenters. The largest absolute Gasteiger partial charge is 0.381 e. The Labute approximate surface area is 134 Å². The Balaban J connectivity index is 1.85. The van der Waals surface area contributed by atoms with Gasteiger partial charge in [-0.3, -0.25) is 0 Å². The molecule has 0 bridgehead atoms. The smallest absolute Gasteiger partial charge is 0.187 e. The van der Waals surface area contributed by atoms with Gasteiger partial charge in [-0.1, -0.05) is 12.1 Å². The molecular weight excluding hydrogens is 299 g/mol. The van der Waals surface area contributed by atoms with Crippen molar-refractivity contribution in [1.82, 2.24) is 25.0 Å². The van der Waals surface area contributed by atoms with Crippen molar-refractivity contribution in [2.75, 3.05) is 18.0 Å². The van der Waals surface area contributed by atoms with Gasteiger partial charge in [0.15, 0.2) is 11.6 Å². The van der Waals surface area contributed by atoms with Gasteiger partial charge in [0.2, 0.25) is 0 Å². The first-order chi connectivity index (χ1) is 10.9. The van der Waals surface area contributed by atoms with Gasteiger partial charge in [0.05, 0.1) is 18.4 Å². The van der Waals surface area contributed by atoms with E-state index in [0.717, 1.165) is 0 Å². The van der Waals surface area contributed by atoms with Crippen LogP contribution in [0, 0.1) is 5.82 Å².